The maximum atomic E-state index is 4.55. The zero-order chi connectivity index (χ0) is 12.3. The summed E-state index contributed by atoms with van der Waals surface area (Å²) in [6.45, 7) is 6.29. The first kappa shape index (κ1) is 12.3. The average Bonchev–Trinajstić information content (AvgIpc) is 2.38. The van der Waals surface area contributed by atoms with E-state index < -0.39 is 0 Å². The molecule has 1 aliphatic rings. The smallest absolute Gasteiger partial charge is 0.132 e. The number of hydrogen-bond acceptors (Lipinski definition) is 4. The van der Waals surface area contributed by atoms with Gasteiger partial charge in [0.2, 0.25) is 0 Å². The topological polar surface area (TPSA) is 41.0 Å². The fourth-order valence-electron chi connectivity index (χ4n) is 2.35. The summed E-state index contributed by atoms with van der Waals surface area (Å²) < 4.78 is 0. The van der Waals surface area contributed by atoms with Gasteiger partial charge in [-0.2, -0.15) is 0 Å². The minimum Gasteiger partial charge on any atom is -0.356 e. The molecule has 1 aromatic rings. The van der Waals surface area contributed by atoms with Crippen molar-refractivity contribution in [1.82, 2.24) is 15.3 Å². The Morgan fingerprint density at radius 2 is 2.06 bits per heavy atom. The van der Waals surface area contributed by atoms with Gasteiger partial charge in [-0.15, -0.1) is 0 Å². The Morgan fingerprint density at radius 1 is 1.35 bits per heavy atom. The van der Waals surface area contributed by atoms with Gasteiger partial charge >= 0.3 is 0 Å². The van der Waals surface area contributed by atoms with Crippen LogP contribution in [0.1, 0.15) is 31.3 Å². The summed E-state index contributed by atoms with van der Waals surface area (Å²) in [7, 11) is 2.05. The number of anilines is 1. The highest BCUT2D eigenvalue weighted by atomic mass is 15.2. The van der Waals surface area contributed by atoms with E-state index in [1.807, 2.05) is 14.0 Å². The van der Waals surface area contributed by atoms with Crippen LogP contribution in [0.2, 0.25) is 0 Å². The summed E-state index contributed by atoms with van der Waals surface area (Å²) in [6, 6.07) is 2.80. The van der Waals surface area contributed by atoms with Crippen LogP contribution in [-0.4, -0.2) is 36.1 Å². The first-order chi connectivity index (χ1) is 8.22. The van der Waals surface area contributed by atoms with E-state index in [1.165, 1.54) is 12.8 Å². The van der Waals surface area contributed by atoms with Gasteiger partial charge in [-0.05, 0) is 33.2 Å². The van der Waals surface area contributed by atoms with Crippen LogP contribution in [0, 0.1) is 6.92 Å². The van der Waals surface area contributed by atoms with Crippen LogP contribution in [0.3, 0.4) is 0 Å². The largest absolute Gasteiger partial charge is 0.356 e. The summed E-state index contributed by atoms with van der Waals surface area (Å²) in [5.74, 6) is 1.99. The second-order valence-electron chi connectivity index (χ2n) is 4.67. The fraction of sp³-hybridized carbons (Fsp3) is 0.692. The monoisotopic (exact) mass is 234 g/mol. The third kappa shape index (κ3) is 2.94. The van der Waals surface area contributed by atoms with Crippen LogP contribution in [0.25, 0.3) is 0 Å². The molecule has 1 fully saturated rings. The van der Waals surface area contributed by atoms with E-state index >= 15 is 0 Å². The Hall–Kier alpha value is -1.16. The molecule has 0 unspecified atom stereocenters. The van der Waals surface area contributed by atoms with Gasteiger partial charge in [-0.1, -0.05) is 6.92 Å². The van der Waals surface area contributed by atoms with Crippen LogP contribution in [0.15, 0.2) is 6.07 Å². The lowest BCUT2D eigenvalue weighted by Crippen LogP contribution is -2.41. The molecule has 4 nitrogen and oxygen atoms in total. The van der Waals surface area contributed by atoms with Gasteiger partial charge in [0.05, 0.1) is 0 Å². The van der Waals surface area contributed by atoms with E-state index in [9.17, 15) is 0 Å². The van der Waals surface area contributed by atoms with Crippen LogP contribution in [0.4, 0.5) is 5.82 Å². The number of nitrogens with one attached hydrogen (secondary N) is 1. The van der Waals surface area contributed by atoms with E-state index in [0.29, 0.717) is 6.04 Å². The summed E-state index contributed by atoms with van der Waals surface area (Å²) in [6.07, 6.45) is 3.37. The van der Waals surface area contributed by atoms with Crippen LogP contribution < -0.4 is 10.2 Å². The Labute approximate surface area is 103 Å². The molecule has 0 spiro atoms. The van der Waals surface area contributed by atoms with Crippen molar-refractivity contribution in [1.29, 1.82) is 0 Å². The van der Waals surface area contributed by atoms with E-state index in [1.54, 1.807) is 0 Å². The predicted octanol–water partition coefficient (Wildman–Crippen LogP) is 1.54. The lowest BCUT2D eigenvalue weighted by atomic mass is 10.1. The van der Waals surface area contributed by atoms with Crippen molar-refractivity contribution in [3.8, 4) is 0 Å². The van der Waals surface area contributed by atoms with Crippen molar-refractivity contribution < 1.29 is 0 Å². The lowest BCUT2D eigenvalue weighted by Gasteiger charge is -2.32. The molecule has 0 saturated carbocycles. The SMILES string of the molecule is CCc1cc(N2CCC(NC)CC2)nc(C)n1. The van der Waals surface area contributed by atoms with Gasteiger partial charge in [-0.3, -0.25) is 0 Å². The summed E-state index contributed by atoms with van der Waals surface area (Å²) in [5.41, 5.74) is 1.14. The maximum Gasteiger partial charge on any atom is 0.132 e. The van der Waals surface area contributed by atoms with Crippen molar-refractivity contribution in [2.75, 3.05) is 25.0 Å². The summed E-state index contributed by atoms with van der Waals surface area (Å²) >= 11 is 0. The molecule has 2 rings (SSSR count). The number of rotatable bonds is 3. The van der Waals surface area contributed by atoms with Gasteiger partial charge in [-0.25, -0.2) is 9.97 Å². The molecule has 0 atom stereocenters. The second-order valence-corrected chi connectivity index (χ2v) is 4.67. The fourth-order valence-corrected chi connectivity index (χ4v) is 2.35. The van der Waals surface area contributed by atoms with Crippen molar-refractivity contribution in [2.24, 2.45) is 0 Å². The Kier molecular flexibility index (Phi) is 3.94. The molecule has 1 aromatic heterocycles. The van der Waals surface area contributed by atoms with E-state index in [2.05, 4.69) is 33.2 Å². The maximum absolute atomic E-state index is 4.55. The molecule has 0 aliphatic carbocycles. The third-order valence-corrected chi connectivity index (χ3v) is 3.47. The molecule has 1 N–H and O–H groups in total. The van der Waals surface area contributed by atoms with Gasteiger partial charge < -0.3 is 10.2 Å². The molecule has 17 heavy (non-hydrogen) atoms. The summed E-state index contributed by atoms with van der Waals surface area (Å²) in [5, 5.41) is 3.35. The minimum atomic E-state index is 0.667. The first-order valence-corrected chi connectivity index (χ1v) is 6.49. The normalized spacial score (nSPS) is 17.5. The molecule has 94 valence electrons. The third-order valence-electron chi connectivity index (χ3n) is 3.47. The summed E-state index contributed by atoms with van der Waals surface area (Å²) in [4.78, 5) is 11.4. The molecular weight excluding hydrogens is 212 g/mol. The zero-order valence-electron chi connectivity index (χ0n) is 11.0. The molecule has 1 aliphatic heterocycles. The average molecular weight is 234 g/mol. The second kappa shape index (κ2) is 5.45. The first-order valence-electron chi connectivity index (χ1n) is 6.49. The van der Waals surface area contributed by atoms with E-state index in [0.717, 1.165) is 36.8 Å². The van der Waals surface area contributed by atoms with Crippen LogP contribution in [-0.2, 0) is 6.42 Å². The van der Waals surface area contributed by atoms with Gasteiger partial charge in [0.25, 0.3) is 0 Å². The standard InChI is InChI=1S/C13H22N4/c1-4-11-9-13(16-10(2)15-11)17-7-5-12(14-3)6-8-17/h9,12,14H,4-8H2,1-3H3. The highest BCUT2D eigenvalue weighted by Crippen LogP contribution is 2.18. The Balaban J connectivity index is 2.10. The minimum absolute atomic E-state index is 0.667. The molecule has 1 saturated heterocycles. The number of nitrogens with zero attached hydrogens (tertiary/aromatic N) is 3. The van der Waals surface area contributed by atoms with Gasteiger partial charge in [0.1, 0.15) is 11.6 Å². The van der Waals surface area contributed by atoms with Crippen LogP contribution in [0.5, 0.6) is 0 Å². The Bertz CT molecular complexity index is 370. The Morgan fingerprint density at radius 3 is 2.65 bits per heavy atom. The highest BCUT2D eigenvalue weighted by Gasteiger charge is 2.19. The molecule has 0 aromatic carbocycles. The molecule has 0 amide bonds. The molecular formula is C13H22N4. The van der Waals surface area contributed by atoms with Crippen molar-refractivity contribution >= 4 is 5.82 Å². The van der Waals surface area contributed by atoms with Crippen LogP contribution >= 0.6 is 0 Å². The number of piperidine rings is 1. The number of hydrogen-bond donors (Lipinski definition) is 1. The van der Waals surface area contributed by atoms with Crippen molar-refractivity contribution in [3.63, 3.8) is 0 Å². The molecule has 0 bridgehead atoms. The lowest BCUT2D eigenvalue weighted by molar-refractivity contribution is 0.440. The highest BCUT2D eigenvalue weighted by molar-refractivity contribution is 5.40. The quantitative estimate of drug-likeness (QED) is 0.861. The number of aromatic nitrogens is 2. The molecule has 4 heteroatoms. The number of aryl methyl sites for hydroxylation is 2. The molecule has 2 heterocycles. The van der Waals surface area contributed by atoms with E-state index in [-0.39, 0.29) is 0 Å². The van der Waals surface area contributed by atoms with Crippen molar-refractivity contribution in [2.45, 2.75) is 39.2 Å². The van der Waals surface area contributed by atoms with Gasteiger partial charge in [0, 0.05) is 30.9 Å². The van der Waals surface area contributed by atoms with E-state index in [4.69, 9.17) is 0 Å². The van der Waals surface area contributed by atoms with Crippen molar-refractivity contribution in [3.05, 3.63) is 17.6 Å². The predicted molar refractivity (Wildman–Crippen MR) is 70.4 cm³/mol. The van der Waals surface area contributed by atoms with Gasteiger partial charge in [0.15, 0.2) is 0 Å². The molecule has 0 radical (unpaired) electrons. The zero-order valence-corrected chi connectivity index (χ0v) is 11.0.